The number of carbonyl (C=O) groups excluding carboxylic acids is 2. The van der Waals surface area contributed by atoms with E-state index in [9.17, 15) is 9.59 Å². The molecule has 13 heteroatoms. The van der Waals surface area contributed by atoms with Gasteiger partial charge in [-0.2, -0.15) is 0 Å². The Morgan fingerprint density at radius 2 is 1.70 bits per heavy atom. The molecule has 12 nitrogen and oxygen atoms in total. The van der Waals surface area contributed by atoms with Crippen LogP contribution in [0.5, 0.6) is 0 Å². The third-order valence-electron chi connectivity index (χ3n) is 8.73. The minimum atomic E-state index is -0.268. The van der Waals surface area contributed by atoms with Crippen molar-refractivity contribution >= 4 is 47.3 Å². The van der Waals surface area contributed by atoms with E-state index in [1.165, 1.54) is 5.56 Å². The number of rotatable bonds is 6. The molecule has 4 N–H and O–H groups in total. The molecular weight excluding hydrogens is 616 g/mol. The molecule has 0 bridgehead atoms. The van der Waals surface area contributed by atoms with Crippen LogP contribution >= 0.6 is 12.4 Å². The summed E-state index contributed by atoms with van der Waals surface area (Å²) >= 11 is 0. The fraction of sp³-hybridized carbons (Fsp3) is 0.294. The van der Waals surface area contributed by atoms with E-state index in [2.05, 4.69) is 62.8 Å². The first-order valence-corrected chi connectivity index (χ1v) is 15.6. The summed E-state index contributed by atoms with van der Waals surface area (Å²) in [6, 6.07) is 14.7. The number of hydrogen-bond acceptors (Lipinski definition) is 9. The van der Waals surface area contributed by atoms with Gasteiger partial charge >= 0.3 is 0 Å². The number of halogens is 1. The molecule has 0 aliphatic carbocycles. The van der Waals surface area contributed by atoms with Crippen molar-refractivity contribution in [1.29, 1.82) is 0 Å². The maximum absolute atomic E-state index is 13.3. The molecule has 0 spiro atoms. The molecule has 242 valence electrons. The summed E-state index contributed by atoms with van der Waals surface area (Å²) in [5.41, 5.74) is 13.4. The Hall–Kier alpha value is -5.07. The SMILES string of the molecule is CC(=O)N1c2ccc(-c3ccc(CNC(=O)c4cn5cc(-c6cnc(N)nc6)nc(N6CCNCC6)c5n4)cc3)cc2CC[C@@H]1C.Cl. The van der Waals surface area contributed by atoms with Crippen molar-refractivity contribution in [3.8, 4) is 22.4 Å². The van der Waals surface area contributed by atoms with Gasteiger partial charge in [-0.25, -0.2) is 19.9 Å². The lowest BCUT2D eigenvalue weighted by molar-refractivity contribution is -0.117. The highest BCUT2D eigenvalue weighted by Gasteiger charge is 2.26. The number of aryl methyl sites for hydroxylation is 1. The van der Waals surface area contributed by atoms with E-state index in [0.29, 0.717) is 29.4 Å². The summed E-state index contributed by atoms with van der Waals surface area (Å²) in [5.74, 6) is 0.705. The molecular formula is C34H37ClN10O2. The zero-order chi connectivity index (χ0) is 31.8. The Bertz CT molecular complexity index is 1920. The zero-order valence-electron chi connectivity index (χ0n) is 26.3. The van der Waals surface area contributed by atoms with Crippen LogP contribution in [0.1, 0.15) is 41.9 Å². The van der Waals surface area contributed by atoms with E-state index in [1.807, 2.05) is 27.6 Å². The normalized spacial score (nSPS) is 16.0. The van der Waals surface area contributed by atoms with Crippen molar-refractivity contribution in [2.45, 2.75) is 39.3 Å². The minimum absolute atomic E-state index is 0. The van der Waals surface area contributed by atoms with Crippen LogP contribution in [-0.4, -0.2) is 68.4 Å². The van der Waals surface area contributed by atoms with Crippen LogP contribution in [0.4, 0.5) is 17.5 Å². The number of aromatic nitrogens is 5. The second-order valence-electron chi connectivity index (χ2n) is 11.9. The lowest BCUT2D eigenvalue weighted by atomic mass is 9.93. The predicted molar refractivity (Wildman–Crippen MR) is 185 cm³/mol. The Labute approximate surface area is 278 Å². The highest BCUT2D eigenvalue weighted by molar-refractivity contribution is 5.94. The first kappa shape index (κ1) is 31.9. The molecule has 1 saturated heterocycles. The van der Waals surface area contributed by atoms with Crippen molar-refractivity contribution < 1.29 is 9.59 Å². The van der Waals surface area contributed by atoms with E-state index in [1.54, 1.807) is 25.5 Å². The van der Waals surface area contributed by atoms with Gasteiger partial charge in [-0.15, -0.1) is 12.4 Å². The average molecular weight is 653 g/mol. The van der Waals surface area contributed by atoms with Gasteiger partial charge in [0.15, 0.2) is 11.5 Å². The molecule has 0 saturated carbocycles. The Morgan fingerprint density at radius 3 is 2.43 bits per heavy atom. The number of carbonyl (C=O) groups is 2. The number of amides is 2. The third kappa shape index (κ3) is 6.47. The van der Waals surface area contributed by atoms with E-state index in [4.69, 9.17) is 15.7 Å². The number of fused-ring (bicyclic) bond motifs is 2. The van der Waals surface area contributed by atoms with Crippen molar-refractivity contribution in [1.82, 2.24) is 35.0 Å². The molecule has 5 heterocycles. The molecule has 3 aromatic heterocycles. The third-order valence-corrected chi connectivity index (χ3v) is 8.73. The van der Waals surface area contributed by atoms with Crippen LogP contribution < -0.4 is 26.2 Å². The van der Waals surface area contributed by atoms with Crippen molar-refractivity contribution in [3.05, 3.63) is 84.1 Å². The van der Waals surface area contributed by atoms with Gasteiger partial charge in [-0.3, -0.25) is 9.59 Å². The molecule has 2 aliphatic heterocycles. The molecule has 1 atom stereocenters. The second-order valence-corrected chi connectivity index (χ2v) is 11.9. The quantitative estimate of drug-likeness (QED) is 0.249. The summed E-state index contributed by atoms with van der Waals surface area (Å²) in [6.07, 6.45) is 8.74. The molecule has 5 aromatic rings. The molecule has 0 unspecified atom stereocenters. The monoisotopic (exact) mass is 652 g/mol. The van der Waals surface area contributed by atoms with Gasteiger partial charge in [0.25, 0.3) is 5.91 Å². The number of nitrogens with zero attached hydrogens (tertiary/aromatic N) is 7. The summed E-state index contributed by atoms with van der Waals surface area (Å²) in [7, 11) is 0. The standard InChI is InChI=1S/C34H36N10O2.ClH/c1-21-3-6-26-15-25(9-10-30(26)44(21)22(2)45)24-7-4-23(5-8-24)16-37-33(46)29-20-43-19-28(27-17-38-34(35)39-18-27)40-31(32(43)41-29)42-13-11-36-12-14-42;/h4-5,7-10,15,17-21,36H,3,6,11-14,16H2,1-2H3,(H,37,46)(H2,35,38,39);1H/t21-;/m0./s1. The van der Waals surface area contributed by atoms with Gasteiger partial charge in [0.05, 0.1) is 5.69 Å². The maximum atomic E-state index is 13.3. The summed E-state index contributed by atoms with van der Waals surface area (Å²) in [5, 5.41) is 6.38. The van der Waals surface area contributed by atoms with Crippen LogP contribution in [0, 0.1) is 0 Å². The van der Waals surface area contributed by atoms with Gasteiger partial charge in [0.1, 0.15) is 5.69 Å². The van der Waals surface area contributed by atoms with Gasteiger partial charge in [-0.05, 0) is 54.2 Å². The number of anilines is 3. The van der Waals surface area contributed by atoms with Gasteiger partial charge in [0.2, 0.25) is 11.9 Å². The van der Waals surface area contributed by atoms with Gasteiger partial charge in [-0.1, -0.05) is 30.3 Å². The van der Waals surface area contributed by atoms with Crippen LogP contribution in [0.3, 0.4) is 0 Å². The molecule has 2 amide bonds. The molecule has 47 heavy (non-hydrogen) atoms. The summed E-state index contributed by atoms with van der Waals surface area (Å²) in [6.45, 7) is 7.30. The Kier molecular flexibility index (Phi) is 9.06. The summed E-state index contributed by atoms with van der Waals surface area (Å²) < 4.78 is 1.84. The molecule has 7 rings (SSSR count). The fourth-order valence-corrected chi connectivity index (χ4v) is 6.29. The first-order chi connectivity index (χ1) is 22.3. The van der Waals surface area contributed by atoms with E-state index in [0.717, 1.165) is 67.0 Å². The molecule has 2 aliphatic rings. The minimum Gasteiger partial charge on any atom is -0.368 e. The predicted octanol–water partition coefficient (Wildman–Crippen LogP) is 3.88. The maximum Gasteiger partial charge on any atom is 0.271 e. The van der Waals surface area contributed by atoms with Crippen LogP contribution in [-0.2, 0) is 17.8 Å². The number of nitrogen functional groups attached to an aromatic ring is 1. The number of benzene rings is 2. The van der Waals surface area contributed by atoms with E-state index in [-0.39, 0.29) is 36.2 Å². The Balaban J connectivity index is 0.00000386. The number of nitrogens with one attached hydrogen (secondary N) is 2. The highest BCUT2D eigenvalue weighted by Crippen LogP contribution is 2.34. The molecule has 2 aromatic carbocycles. The Morgan fingerprint density at radius 1 is 0.979 bits per heavy atom. The van der Waals surface area contributed by atoms with E-state index < -0.39 is 0 Å². The molecule has 0 radical (unpaired) electrons. The van der Waals surface area contributed by atoms with Crippen molar-refractivity contribution in [2.24, 2.45) is 0 Å². The lowest BCUT2D eigenvalue weighted by Crippen LogP contribution is -2.44. The van der Waals surface area contributed by atoms with Gasteiger partial charge in [0, 0.05) is 81.7 Å². The fourth-order valence-electron chi connectivity index (χ4n) is 6.29. The van der Waals surface area contributed by atoms with Crippen molar-refractivity contribution in [2.75, 3.05) is 41.7 Å². The number of hydrogen-bond donors (Lipinski definition) is 3. The van der Waals surface area contributed by atoms with E-state index >= 15 is 0 Å². The van der Waals surface area contributed by atoms with Crippen LogP contribution in [0.25, 0.3) is 28.0 Å². The molecule has 1 fully saturated rings. The topological polar surface area (TPSA) is 147 Å². The smallest absolute Gasteiger partial charge is 0.271 e. The van der Waals surface area contributed by atoms with Crippen molar-refractivity contribution in [3.63, 3.8) is 0 Å². The summed E-state index contributed by atoms with van der Waals surface area (Å²) in [4.78, 5) is 47.5. The second kappa shape index (κ2) is 13.3. The van der Waals surface area contributed by atoms with Crippen LogP contribution in [0.2, 0.25) is 0 Å². The van der Waals surface area contributed by atoms with Crippen LogP contribution in [0.15, 0.2) is 67.3 Å². The largest absolute Gasteiger partial charge is 0.368 e. The highest BCUT2D eigenvalue weighted by atomic mass is 35.5. The average Bonchev–Trinajstić information content (AvgIpc) is 3.52. The number of nitrogens with two attached hydrogens (primary N) is 1. The number of piperazine rings is 1. The number of imidazole rings is 1. The lowest BCUT2D eigenvalue weighted by Gasteiger charge is -2.34. The zero-order valence-corrected chi connectivity index (χ0v) is 27.1. The van der Waals surface area contributed by atoms with Gasteiger partial charge < -0.3 is 30.6 Å². The first-order valence-electron chi connectivity index (χ1n) is 15.6.